The lowest BCUT2D eigenvalue weighted by molar-refractivity contribution is -0.133. The minimum absolute atomic E-state index is 0.0679. The number of amides is 2. The molecule has 1 aromatic carbocycles. The van der Waals surface area contributed by atoms with Crippen molar-refractivity contribution >= 4 is 22.7 Å². The van der Waals surface area contributed by atoms with E-state index in [-0.39, 0.29) is 11.8 Å². The zero-order chi connectivity index (χ0) is 18.8. The Hall–Kier alpha value is -2.43. The highest BCUT2D eigenvalue weighted by atomic mass is 16.2. The first-order valence-corrected chi connectivity index (χ1v) is 10.1. The molecule has 0 bridgehead atoms. The molecule has 1 atom stereocenters. The number of carbonyl (C=O) groups is 2. The minimum atomic E-state index is -0.447. The molecule has 2 fully saturated rings. The zero-order valence-electron chi connectivity index (χ0n) is 15.7. The third-order valence-corrected chi connectivity index (χ3v) is 6.12. The summed E-state index contributed by atoms with van der Waals surface area (Å²) in [5.41, 5.74) is 7.76. The number of hydrogen-bond donors (Lipinski definition) is 1. The molecule has 0 unspecified atom stereocenters. The summed E-state index contributed by atoms with van der Waals surface area (Å²) in [5.74, 6) is 0.432. The molecular weight excluding hydrogens is 338 g/mol. The van der Waals surface area contributed by atoms with Crippen molar-refractivity contribution in [2.75, 3.05) is 13.1 Å². The largest absolute Gasteiger partial charge is 0.366 e. The van der Waals surface area contributed by atoms with Crippen LogP contribution in [-0.2, 0) is 4.79 Å². The van der Waals surface area contributed by atoms with Crippen molar-refractivity contribution < 1.29 is 9.59 Å². The molecular formula is C22H27N3O2. The highest BCUT2D eigenvalue weighted by Crippen LogP contribution is 2.32. The number of piperidine rings is 1. The molecule has 1 saturated carbocycles. The van der Waals surface area contributed by atoms with E-state index in [1.54, 1.807) is 0 Å². The minimum Gasteiger partial charge on any atom is -0.366 e. The summed E-state index contributed by atoms with van der Waals surface area (Å²) in [6, 6.07) is 9.62. The summed E-state index contributed by atoms with van der Waals surface area (Å²) < 4.78 is 0. The van der Waals surface area contributed by atoms with E-state index in [4.69, 9.17) is 10.7 Å². The van der Waals surface area contributed by atoms with Crippen LogP contribution in [0.3, 0.4) is 0 Å². The number of aromatic nitrogens is 1. The summed E-state index contributed by atoms with van der Waals surface area (Å²) in [6.07, 6.45) is 7.41. The first-order valence-electron chi connectivity index (χ1n) is 10.1. The monoisotopic (exact) mass is 365 g/mol. The predicted octanol–water partition coefficient (Wildman–Crippen LogP) is 3.62. The van der Waals surface area contributed by atoms with Gasteiger partial charge in [0.25, 0.3) is 5.91 Å². The molecule has 1 aromatic heterocycles. The van der Waals surface area contributed by atoms with Crippen LogP contribution < -0.4 is 5.73 Å². The van der Waals surface area contributed by atoms with Crippen molar-refractivity contribution in [3.05, 3.63) is 41.6 Å². The summed E-state index contributed by atoms with van der Waals surface area (Å²) in [4.78, 5) is 31.6. The average Bonchev–Trinajstić information content (AvgIpc) is 3.20. The van der Waals surface area contributed by atoms with Crippen molar-refractivity contribution in [3.63, 3.8) is 0 Å². The quantitative estimate of drug-likeness (QED) is 0.899. The fraction of sp³-hybridized carbons (Fsp3) is 0.500. The van der Waals surface area contributed by atoms with Gasteiger partial charge in [-0.05, 0) is 43.7 Å². The third-order valence-electron chi connectivity index (χ3n) is 6.12. The molecule has 5 heteroatoms. The fourth-order valence-corrected chi connectivity index (χ4v) is 4.66. The van der Waals surface area contributed by atoms with Gasteiger partial charge in [0.05, 0.1) is 16.8 Å². The summed E-state index contributed by atoms with van der Waals surface area (Å²) in [7, 11) is 0. The van der Waals surface area contributed by atoms with Gasteiger partial charge in [0.15, 0.2) is 0 Å². The number of likely N-dealkylation sites (tertiary alicyclic amines) is 1. The Morgan fingerprint density at radius 2 is 1.89 bits per heavy atom. The first kappa shape index (κ1) is 18.0. The van der Waals surface area contributed by atoms with Crippen molar-refractivity contribution in [2.24, 2.45) is 11.7 Å². The van der Waals surface area contributed by atoms with E-state index in [1.165, 1.54) is 25.7 Å². The van der Waals surface area contributed by atoms with E-state index in [2.05, 4.69) is 0 Å². The predicted molar refractivity (Wildman–Crippen MR) is 105 cm³/mol. The molecule has 2 amide bonds. The maximum Gasteiger partial charge on any atom is 0.250 e. The number of nitrogens with two attached hydrogens (primary N) is 1. The molecule has 5 nitrogen and oxygen atoms in total. The Labute approximate surface area is 159 Å². The Balaban J connectivity index is 1.57. The van der Waals surface area contributed by atoms with Crippen LogP contribution in [0.1, 0.15) is 66.9 Å². The van der Waals surface area contributed by atoms with E-state index < -0.39 is 5.91 Å². The van der Waals surface area contributed by atoms with Crippen molar-refractivity contribution in [1.82, 2.24) is 9.88 Å². The molecule has 2 aliphatic rings. The highest BCUT2D eigenvalue weighted by Gasteiger charge is 2.30. The van der Waals surface area contributed by atoms with Crippen LogP contribution >= 0.6 is 0 Å². The molecule has 0 spiro atoms. The Morgan fingerprint density at radius 3 is 2.67 bits per heavy atom. The molecule has 0 radical (unpaired) electrons. The van der Waals surface area contributed by atoms with Gasteiger partial charge < -0.3 is 10.6 Å². The van der Waals surface area contributed by atoms with Gasteiger partial charge in [0.2, 0.25) is 5.91 Å². The van der Waals surface area contributed by atoms with Gasteiger partial charge in [-0.1, -0.05) is 31.0 Å². The van der Waals surface area contributed by atoms with Crippen molar-refractivity contribution in [1.29, 1.82) is 0 Å². The lowest BCUT2D eigenvalue weighted by atomic mass is 9.90. The first-order chi connectivity index (χ1) is 13.1. The van der Waals surface area contributed by atoms with Crippen LogP contribution in [0.5, 0.6) is 0 Å². The van der Waals surface area contributed by atoms with Gasteiger partial charge in [0.1, 0.15) is 0 Å². The van der Waals surface area contributed by atoms with E-state index in [9.17, 15) is 9.59 Å². The molecule has 2 aromatic rings. The normalized spacial score (nSPS) is 20.9. The Morgan fingerprint density at radius 1 is 1.11 bits per heavy atom. The highest BCUT2D eigenvalue weighted by molar-refractivity contribution is 5.97. The van der Waals surface area contributed by atoms with Gasteiger partial charge >= 0.3 is 0 Å². The van der Waals surface area contributed by atoms with E-state index in [0.29, 0.717) is 24.4 Å². The van der Waals surface area contributed by atoms with E-state index >= 15 is 0 Å². The number of fused-ring (bicyclic) bond motifs is 1. The standard InChI is InChI=1S/C22H27N3O2/c23-22(27)18-13-16-8-3-4-10-19(16)24-21(18)17-9-5-11-25(14-17)20(26)12-15-6-1-2-7-15/h3-4,8,10,13,15,17H,1-2,5-7,9,11-12,14H2,(H2,23,27)/t17-/m0/s1. The van der Waals surface area contributed by atoms with Gasteiger partial charge in [-0.15, -0.1) is 0 Å². The number of carbonyl (C=O) groups excluding carboxylic acids is 2. The molecule has 1 aliphatic heterocycles. The third kappa shape index (κ3) is 3.82. The summed E-state index contributed by atoms with van der Waals surface area (Å²) in [6.45, 7) is 1.44. The van der Waals surface area contributed by atoms with E-state index in [1.807, 2.05) is 35.2 Å². The van der Waals surface area contributed by atoms with Gasteiger partial charge in [0, 0.05) is 30.8 Å². The van der Waals surface area contributed by atoms with Crippen LogP contribution in [0.2, 0.25) is 0 Å². The fourth-order valence-electron chi connectivity index (χ4n) is 4.66. The molecule has 4 rings (SSSR count). The topological polar surface area (TPSA) is 76.3 Å². The van der Waals surface area contributed by atoms with Gasteiger partial charge in [-0.25, -0.2) is 0 Å². The maximum atomic E-state index is 12.8. The van der Waals surface area contributed by atoms with Gasteiger partial charge in [-0.3, -0.25) is 14.6 Å². The number of primary amides is 1. The number of rotatable bonds is 4. The summed E-state index contributed by atoms with van der Waals surface area (Å²) >= 11 is 0. The van der Waals surface area contributed by atoms with Crippen LogP contribution in [0, 0.1) is 5.92 Å². The van der Waals surface area contributed by atoms with Gasteiger partial charge in [-0.2, -0.15) is 0 Å². The SMILES string of the molecule is NC(=O)c1cc2ccccc2nc1[C@H]1CCCN(C(=O)CC2CCCC2)C1. The van der Waals surface area contributed by atoms with E-state index in [0.717, 1.165) is 36.0 Å². The lowest BCUT2D eigenvalue weighted by Gasteiger charge is -2.33. The van der Waals surface area contributed by atoms with Crippen molar-refractivity contribution in [3.8, 4) is 0 Å². The molecule has 27 heavy (non-hydrogen) atoms. The van der Waals surface area contributed by atoms with Crippen LogP contribution in [-0.4, -0.2) is 34.8 Å². The number of para-hydroxylation sites is 1. The molecule has 2 heterocycles. The average molecular weight is 365 g/mol. The number of benzene rings is 1. The maximum absolute atomic E-state index is 12.8. The number of hydrogen-bond acceptors (Lipinski definition) is 3. The Bertz CT molecular complexity index is 858. The lowest BCUT2D eigenvalue weighted by Crippen LogP contribution is -2.40. The second kappa shape index (κ2) is 7.67. The molecule has 1 aliphatic carbocycles. The number of nitrogens with zero attached hydrogens (tertiary/aromatic N) is 2. The van der Waals surface area contributed by atoms with Crippen LogP contribution in [0.4, 0.5) is 0 Å². The molecule has 1 saturated heterocycles. The molecule has 142 valence electrons. The second-order valence-electron chi connectivity index (χ2n) is 8.01. The number of pyridine rings is 1. The zero-order valence-corrected chi connectivity index (χ0v) is 15.7. The Kier molecular flexibility index (Phi) is 5.10. The van der Waals surface area contributed by atoms with Crippen LogP contribution in [0.15, 0.2) is 30.3 Å². The molecule has 2 N–H and O–H groups in total. The second-order valence-corrected chi connectivity index (χ2v) is 8.01. The smallest absolute Gasteiger partial charge is 0.250 e. The van der Waals surface area contributed by atoms with Crippen molar-refractivity contribution in [2.45, 2.75) is 50.9 Å². The van der Waals surface area contributed by atoms with Crippen LogP contribution in [0.25, 0.3) is 10.9 Å². The summed E-state index contributed by atoms with van der Waals surface area (Å²) in [5, 5.41) is 0.917.